The molecule has 2 unspecified atom stereocenters. The SMILES string of the molecule is COc1ccc(C(=O)N2CC(C(=O)O)CCC2C)c(C)c1. The standard InChI is InChI=1S/C16H21NO4/c1-10-8-13(21-3)6-7-14(10)15(18)17-9-12(16(19)20)5-4-11(17)2/h6-8,11-12H,4-5,9H2,1-3H3,(H,19,20). The number of methoxy groups -OCH3 is 1. The van der Waals surface area contributed by atoms with Gasteiger partial charge in [0.1, 0.15) is 5.75 Å². The molecule has 1 amide bonds. The van der Waals surface area contributed by atoms with Crippen molar-refractivity contribution in [2.45, 2.75) is 32.7 Å². The van der Waals surface area contributed by atoms with Crippen molar-refractivity contribution < 1.29 is 19.4 Å². The molecule has 0 radical (unpaired) electrons. The van der Waals surface area contributed by atoms with E-state index in [1.54, 1.807) is 24.1 Å². The number of likely N-dealkylation sites (tertiary alicyclic amines) is 1. The third kappa shape index (κ3) is 3.17. The quantitative estimate of drug-likeness (QED) is 0.928. The second-order valence-corrected chi connectivity index (χ2v) is 5.60. The maximum atomic E-state index is 12.7. The first-order valence-electron chi connectivity index (χ1n) is 7.12. The van der Waals surface area contributed by atoms with Gasteiger partial charge in [0.05, 0.1) is 13.0 Å². The number of carboxylic acids is 1. The third-order valence-electron chi connectivity index (χ3n) is 4.16. The molecule has 1 aliphatic rings. The Morgan fingerprint density at radius 3 is 2.62 bits per heavy atom. The van der Waals surface area contributed by atoms with Gasteiger partial charge >= 0.3 is 5.97 Å². The van der Waals surface area contributed by atoms with Crippen molar-refractivity contribution in [2.24, 2.45) is 5.92 Å². The molecule has 0 aliphatic carbocycles. The van der Waals surface area contributed by atoms with Crippen molar-refractivity contribution in [3.63, 3.8) is 0 Å². The highest BCUT2D eigenvalue weighted by atomic mass is 16.5. The molecule has 0 spiro atoms. The molecule has 5 heteroatoms. The van der Waals surface area contributed by atoms with Gasteiger partial charge < -0.3 is 14.7 Å². The molecular weight excluding hydrogens is 270 g/mol. The Morgan fingerprint density at radius 1 is 1.33 bits per heavy atom. The minimum Gasteiger partial charge on any atom is -0.497 e. The third-order valence-corrected chi connectivity index (χ3v) is 4.16. The smallest absolute Gasteiger partial charge is 0.308 e. The van der Waals surface area contributed by atoms with Crippen molar-refractivity contribution in [1.82, 2.24) is 4.90 Å². The summed E-state index contributed by atoms with van der Waals surface area (Å²) in [5.41, 5.74) is 1.44. The summed E-state index contributed by atoms with van der Waals surface area (Å²) in [5, 5.41) is 9.16. The fourth-order valence-electron chi connectivity index (χ4n) is 2.75. The molecule has 0 saturated carbocycles. The van der Waals surface area contributed by atoms with E-state index >= 15 is 0 Å². The van der Waals surface area contributed by atoms with Gasteiger partial charge in [0.25, 0.3) is 5.91 Å². The van der Waals surface area contributed by atoms with Gasteiger partial charge in [-0.2, -0.15) is 0 Å². The Bertz CT molecular complexity index is 555. The number of rotatable bonds is 3. The molecule has 1 heterocycles. The van der Waals surface area contributed by atoms with Crippen LogP contribution in [0.25, 0.3) is 0 Å². The van der Waals surface area contributed by atoms with Gasteiger partial charge in [0.2, 0.25) is 0 Å². The predicted octanol–water partition coefficient (Wildman–Crippen LogP) is 2.33. The van der Waals surface area contributed by atoms with Crippen LogP contribution in [0.4, 0.5) is 0 Å². The van der Waals surface area contributed by atoms with Gasteiger partial charge in [-0.15, -0.1) is 0 Å². The Morgan fingerprint density at radius 2 is 2.05 bits per heavy atom. The second-order valence-electron chi connectivity index (χ2n) is 5.60. The zero-order chi connectivity index (χ0) is 15.6. The van der Waals surface area contributed by atoms with Crippen LogP contribution in [0.2, 0.25) is 0 Å². The highest BCUT2D eigenvalue weighted by molar-refractivity contribution is 5.96. The largest absolute Gasteiger partial charge is 0.497 e. The van der Waals surface area contributed by atoms with Crippen LogP contribution in [-0.4, -0.2) is 41.6 Å². The minimum atomic E-state index is -0.828. The number of carbonyl (C=O) groups is 2. The van der Waals surface area contributed by atoms with Crippen LogP contribution >= 0.6 is 0 Å². The fourth-order valence-corrected chi connectivity index (χ4v) is 2.75. The number of aliphatic carboxylic acids is 1. The zero-order valence-corrected chi connectivity index (χ0v) is 12.6. The van der Waals surface area contributed by atoms with Crippen LogP contribution in [0.5, 0.6) is 5.75 Å². The Balaban J connectivity index is 2.23. The van der Waals surface area contributed by atoms with E-state index in [9.17, 15) is 9.59 Å². The first-order chi connectivity index (χ1) is 9.93. The van der Waals surface area contributed by atoms with Crippen LogP contribution in [0.15, 0.2) is 18.2 Å². The fraction of sp³-hybridized carbons (Fsp3) is 0.500. The predicted molar refractivity (Wildman–Crippen MR) is 78.6 cm³/mol. The van der Waals surface area contributed by atoms with Crippen molar-refractivity contribution >= 4 is 11.9 Å². The van der Waals surface area contributed by atoms with E-state index in [1.165, 1.54) is 0 Å². The van der Waals surface area contributed by atoms with E-state index in [0.717, 1.165) is 12.0 Å². The Labute approximate surface area is 124 Å². The highest BCUT2D eigenvalue weighted by Gasteiger charge is 2.33. The van der Waals surface area contributed by atoms with E-state index in [0.29, 0.717) is 17.7 Å². The highest BCUT2D eigenvalue weighted by Crippen LogP contribution is 2.26. The van der Waals surface area contributed by atoms with Gasteiger partial charge in [-0.25, -0.2) is 0 Å². The first-order valence-corrected chi connectivity index (χ1v) is 7.12. The molecule has 0 aromatic heterocycles. The van der Waals surface area contributed by atoms with Gasteiger partial charge in [0, 0.05) is 18.2 Å². The molecule has 1 saturated heterocycles. The molecular formula is C16H21NO4. The van der Waals surface area contributed by atoms with E-state index in [4.69, 9.17) is 9.84 Å². The lowest BCUT2D eigenvalue weighted by Crippen LogP contribution is -2.47. The molecule has 2 atom stereocenters. The number of hydrogen-bond donors (Lipinski definition) is 1. The Hall–Kier alpha value is -2.04. The number of ether oxygens (including phenoxy) is 1. The number of aryl methyl sites for hydroxylation is 1. The van der Waals surface area contributed by atoms with Crippen molar-refractivity contribution in [3.05, 3.63) is 29.3 Å². The summed E-state index contributed by atoms with van der Waals surface area (Å²) in [6.07, 6.45) is 1.35. The molecule has 21 heavy (non-hydrogen) atoms. The van der Waals surface area contributed by atoms with Gasteiger partial charge in [-0.1, -0.05) is 0 Å². The molecule has 114 valence electrons. The minimum absolute atomic E-state index is 0.0644. The number of amides is 1. The lowest BCUT2D eigenvalue weighted by atomic mass is 9.92. The molecule has 1 aliphatic heterocycles. The van der Waals surface area contributed by atoms with Gasteiger partial charge in [0.15, 0.2) is 0 Å². The molecule has 1 aromatic carbocycles. The van der Waals surface area contributed by atoms with Crippen molar-refractivity contribution in [2.75, 3.05) is 13.7 Å². The number of carboxylic acid groups (broad SMARTS) is 1. The van der Waals surface area contributed by atoms with Crippen LogP contribution < -0.4 is 4.74 Å². The molecule has 1 N–H and O–H groups in total. The number of piperidine rings is 1. The van der Waals surface area contributed by atoms with Gasteiger partial charge in [-0.3, -0.25) is 9.59 Å². The molecule has 5 nitrogen and oxygen atoms in total. The van der Waals surface area contributed by atoms with Crippen LogP contribution in [-0.2, 0) is 4.79 Å². The van der Waals surface area contributed by atoms with E-state index < -0.39 is 11.9 Å². The number of benzene rings is 1. The topological polar surface area (TPSA) is 66.8 Å². The van der Waals surface area contributed by atoms with Crippen LogP contribution in [0, 0.1) is 12.8 Å². The number of nitrogens with zero attached hydrogens (tertiary/aromatic N) is 1. The maximum Gasteiger partial charge on any atom is 0.308 e. The lowest BCUT2D eigenvalue weighted by Gasteiger charge is -2.36. The first kappa shape index (κ1) is 15.4. The average molecular weight is 291 g/mol. The van der Waals surface area contributed by atoms with Crippen molar-refractivity contribution in [3.8, 4) is 5.75 Å². The van der Waals surface area contributed by atoms with E-state index in [2.05, 4.69) is 0 Å². The summed E-state index contributed by atoms with van der Waals surface area (Å²) in [7, 11) is 1.58. The molecule has 1 aromatic rings. The average Bonchev–Trinajstić information content (AvgIpc) is 2.46. The molecule has 1 fully saturated rings. The van der Waals surface area contributed by atoms with Crippen molar-refractivity contribution in [1.29, 1.82) is 0 Å². The summed E-state index contributed by atoms with van der Waals surface area (Å²) >= 11 is 0. The van der Waals surface area contributed by atoms with E-state index in [1.807, 2.05) is 19.9 Å². The van der Waals surface area contributed by atoms with E-state index in [-0.39, 0.29) is 18.5 Å². The summed E-state index contributed by atoms with van der Waals surface area (Å²) in [6, 6.07) is 5.38. The normalized spacial score (nSPS) is 22.0. The monoisotopic (exact) mass is 291 g/mol. The summed E-state index contributed by atoms with van der Waals surface area (Å²) in [5.74, 6) is -0.692. The van der Waals surface area contributed by atoms with Gasteiger partial charge in [-0.05, 0) is 50.5 Å². The summed E-state index contributed by atoms with van der Waals surface area (Å²) < 4.78 is 5.14. The summed E-state index contributed by atoms with van der Waals surface area (Å²) in [4.78, 5) is 25.5. The second kappa shape index (κ2) is 6.16. The van der Waals surface area contributed by atoms with Crippen LogP contribution in [0.1, 0.15) is 35.7 Å². The number of hydrogen-bond acceptors (Lipinski definition) is 3. The number of carbonyl (C=O) groups excluding carboxylic acids is 1. The Kier molecular flexibility index (Phi) is 4.50. The van der Waals surface area contributed by atoms with Crippen LogP contribution in [0.3, 0.4) is 0 Å². The summed E-state index contributed by atoms with van der Waals surface area (Å²) in [6.45, 7) is 4.11. The zero-order valence-electron chi connectivity index (χ0n) is 12.6. The molecule has 2 rings (SSSR count). The molecule has 0 bridgehead atoms. The lowest BCUT2D eigenvalue weighted by molar-refractivity contribution is -0.143. The maximum absolute atomic E-state index is 12.7.